The predicted octanol–water partition coefficient (Wildman–Crippen LogP) is 7.44. The molecule has 0 aliphatic rings. The number of aromatic nitrogens is 5. The van der Waals surface area contributed by atoms with E-state index in [-0.39, 0.29) is 56.0 Å². The molecule has 1 N–H and O–H groups in total. The molecule has 9 nitrogen and oxygen atoms in total. The summed E-state index contributed by atoms with van der Waals surface area (Å²) >= 11 is 6.40. The van der Waals surface area contributed by atoms with Gasteiger partial charge in [0.05, 0.1) is 46.3 Å². The first-order chi connectivity index (χ1) is 19.0. The summed E-state index contributed by atoms with van der Waals surface area (Å²) in [6, 6.07) is 5.72. The SMILES string of the molecule is CC(Cn1ncc(-c2onc(-c3cccc(C(=O)O)c3Cl)c2-c2ccncn2)c1C(F)(F)F)O[Si](C)(C)C(C)(C)C. The average molecular weight is 608 g/mol. The van der Waals surface area contributed by atoms with Crippen molar-refractivity contribution < 1.29 is 32.0 Å². The number of halogens is 4. The molecule has 41 heavy (non-hydrogen) atoms. The van der Waals surface area contributed by atoms with Crippen molar-refractivity contribution >= 4 is 25.9 Å². The lowest BCUT2D eigenvalue weighted by Crippen LogP contribution is -2.44. The van der Waals surface area contributed by atoms with E-state index in [9.17, 15) is 23.1 Å². The lowest BCUT2D eigenvalue weighted by molar-refractivity contribution is -0.144. The van der Waals surface area contributed by atoms with Crippen molar-refractivity contribution in [2.75, 3.05) is 0 Å². The van der Waals surface area contributed by atoms with E-state index in [0.717, 1.165) is 10.9 Å². The third-order valence-corrected chi connectivity index (χ3v) is 12.1. The van der Waals surface area contributed by atoms with Crippen molar-refractivity contribution in [1.82, 2.24) is 24.9 Å². The van der Waals surface area contributed by atoms with Crippen molar-refractivity contribution in [2.45, 2.75) is 64.7 Å². The first-order valence-electron chi connectivity index (χ1n) is 12.6. The van der Waals surface area contributed by atoms with Crippen LogP contribution in [0.25, 0.3) is 33.8 Å². The van der Waals surface area contributed by atoms with E-state index in [1.807, 2.05) is 33.9 Å². The molecule has 0 saturated heterocycles. The minimum Gasteiger partial charge on any atom is -0.478 e. The number of hydrogen-bond acceptors (Lipinski definition) is 7. The summed E-state index contributed by atoms with van der Waals surface area (Å²) in [6.45, 7) is 11.8. The van der Waals surface area contributed by atoms with E-state index in [1.165, 1.54) is 36.8 Å². The van der Waals surface area contributed by atoms with Crippen molar-refractivity contribution in [3.05, 3.63) is 59.3 Å². The van der Waals surface area contributed by atoms with E-state index < -0.39 is 32.3 Å². The second-order valence-corrected chi connectivity index (χ2v) is 16.2. The Kier molecular flexibility index (Phi) is 8.18. The maximum atomic E-state index is 14.6. The molecule has 218 valence electrons. The molecule has 0 bridgehead atoms. The largest absolute Gasteiger partial charge is 0.478 e. The van der Waals surface area contributed by atoms with Crippen LogP contribution in [0.3, 0.4) is 0 Å². The maximum Gasteiger partial charge on any atom is 0.433 e. The summed E-state index contributed by atoms with van der Waals surface area (Å²) in [5, 5.41) is 17.3. The average Bonchev–Trinajstić information content (AvgIpc) is 3.47. The maximum absolute atomic E-state index is 14.6. The van der Waals surface area contributed by atoms with Gasteiger partial charge in [0.2, 0.25) is 0 Å². The van der Waals surface area contributed by atoms with Gasteiger partial charge in [-0.25, -0.2) is 14.8 Å². The number of aromatic carboxylic acids is 1. The minimum absolute atomic E-state index is 0.0160. The lowest BCUT2D eigenvalue weighted by Gasteiger charge is -2.38. The Morgan fingerprint density at radius 1 is 1.20 bits per heavy atom. The summed E-state index contributed by atoms with van der Waals surface area (Å²) in [6.07, 6.45) is -1.69. The highest BCUT2D eigenvalue weighted by molar-refractivity contribution is 6.74. The molecular weight excluding hydrogens is 579 g/mol. The molecule has 14 heteroatoms. The highest BCUT2D eigenvalue weighted by Crippen LogP contribution is 2.46. The third-order valence-electron chi connectivity index (χ3n) is 7.10. The van der Waals surface area contributed by atoms with E-state index >= 15 is 0 Å². The van der Waals surface area contributed by atoms with Gasteiger partial charge in [-0.3, -0.25) is 4.68 Å². The molecule has 1 unspecified atom stereocenters. The van der Waals surface area contributed by atoms with Crippen LogP contribution in [-0.4, -0.2) is 50.4 Å². The van der Waals surface area contributed by atoms with Crippen molar-refractivity contribution in [2.24, 2.45) is 0 Å². The number of carboxylic acids is 1. The van der Waals surface area contributed by atoms with E-state index in [0.29, 0.717) is 0 Å². The van der Waals surface area contributed by atoms with Gasteiger partial charge in [-0.1, -0.05) is 49.7 Å². The number of carbonyl (C=O) groups is 1. The molecule has 4 rings (SSSR count). The number of hydrogen-bond donors (Lipinski definition) is 1. The van der Waals surface area contributed by atoms with Crippen LogP contribution < -0.4 is 0 Å². The van der Waals surface area contributed by atoms with Gasteiger partial charge in [0.1, 0.15) is 12.0 Å². The highest BCUT2D eigenvalue weighted by Gasteiger charge is 2.42. The van der Waals surface area contributed by atoms with Gasteiger partial charge < -0.3 is 14.1 Å². The Bertz CT molecular complexity index is 1570. The zero-order valence-corrected chi connectivity index (χ0v) is 25.0. The fourth-order valence-electron chi connectivity index (χ4n) is 4.16. The molecular formula is C27H29ClF3N5O4Si. The second kappa shape index (κ2) is 11.0. The molecule has 1 aromatic carbocycles. The van der Waals surface area contributed by atoms with Gasteiger partial charge in [-0.15, -0.1) is 0 Å². The highest BCUT2D eigenvalue weighted by atomic mass is 35.5. The Morgan fingerprint density at radius 3 is 2.49 bits per heavy atom. The quantitative estimate of drug-likeness (QED) is 0.205. The first-order valence-corrected chi connectivity index (χ1v) is 15.9. The van der Waals surface area contributed by atoms with Gasteiger partial charge in [0.15, 0.2) is 19.8 Å². The van der Waals surface area contributed by atoms with Crippen molar-refractivity contribution in [3.63, 3.8) is 0 Å². The van der Waals surface area contributed by atoms with E-state index in [1.54, 1.807) is 6.92 Å². The Hall–Kier alpha value is -3.55. The topological polar surface area (TPSA) is 116 Å². The molecule has 0 amide bonds. The number of nitrogens with zero attached hydrogens (tertiary/aromatic N) is 5. The molecule has 0 spiro atoms. The van der Waals surface area contributed by atoms with Crippen LogP contribution in [0.15, 0.2) is 47.5 Å². The number of alkyl halides is 3. The summed E-state index contributed by atoms with van der Waals surface area (Å²) in [4.78, 5) is 19.8. The molecule has 0 fully saturated rings. The molecule has 3 heterocycles. The molecule has 3 aromatic heterocycles. The molecule has 0 aliphatic carbocycles. The van der Waals surface area contributed by atoms with Crippen LogP contribution in [-0.2, 0) is 17.1 Å². The van der Waals surface area contributed by atoms with E-state index in [4.69, 9.17) is 20.6 Å². The summed E-state index contributed by atoms with van der Waals surface area (Å²) in [5.41, 5.74) is -1.19. The Labute approximate surface area is 240 Å². The smallest absolute Gasteiger partial charge is 0.433 e. The van der Waals surface area contributed by atoms with Crippen LogP contribution in [0, 0.1) is 0 Å². The lowest BCUT2D eigenvalue weighted by atomic mass is 9.98. The number of rotatable bonds is 8. The monoisotopic (exact) mass is 607 g/mol. The number of carboxylic acid groups (broad SMARTS) is 1. The van der Waals surface area contributed by atoms with Crippen molar-refractivity contribution in [3.8, 4) is 33.8 Å². The van der Waals surface area contributed by atoms with Crippen LogP contribution in [0.4, 0.5) is 13.2 Å². The molecule has 0 saturated carbocycles. The zero-order chi connectivity index (χ0) is 30.3. The summed E-state index contributed by atoms with van der Waals surface area (Å²) in [5.74, 6) is -1.54. The zero-order valence-electron chi connectivity index (χ0n) is 23.2. The fourth-order valence-corrected chi connectivity index (χ4v) is 5.89. The molecule has 4 aromatic rings. The third kappa shape index (κ3) is 6.06. The standard InChI is InChI=1S/C27H29ClF3N5O4Si/c1-15(40-41(5,6)26(2,3)4)13-36-24(27(29,30)31)18(12-34-36)23-20(19-10-11-32-14-33-19)22(35-39-23)16-8-7-9-17(21(16)28)25(37)38/h7-12,14-15H,13H2,1-6H3,(H,37,38). The van der Waals surface area contributed by atoms with Gasteiger partial charge in [0, 0.05) is 11.8 Å². The van der Waals surface area contributed by atoms with Crippen molar-refractivity contribution in [1.29, 1.82) is 0 Å². The molecule has 1 atom stereocenters. The Balaban J connectivity index is 1.88. The predicted molar refractivity (Wildman–Crippen MR) is 149 cm³/mol. The van der Waals surface area contributed by atoms with Gasteiger partial charge in [0.25, 0.3) is 0 Å². The van der Waals surface area contributed by atoms with Crippen LogP contribution >= 0.6 is 11.6 Å². The fraction of sp³-hybridized carbons (Fsp3) is 0.370. The second-order valence-electron chi connectivity index (χ2n) is 11.1. The minimum atomic E-state index is -4.82. The van der Waals surface area contributed by atoms with Crippen LogP contribution in [0.5, 0.6) is 0 Å². The van der Waals surface area contributed by atoms with Gasteiger partial charge >= 0.3 is 12.1 Å². The van der Waals surface area contributed by atoms with E-state index in [2.05, 4.69) is 20.2 Å². The van der Waals surface area contributed by atoms with Crippen LogP contribution in [0.2, 0.25) is 23.2 Å². The summed E-state index contributed by atoms with van der Waals surface area (Å²) in [7, 11) is -2.27. The summed E-state index contributed by atoms with van der Waals surface area (Å²) < 4.78 is 56.5. The van der Waals surface area contributed by atoms with Crippen LogP contribution in [0.1, 0.15) is 43.7 Å². The normalized spacial score (nSPS) is 13.4. The number of benzene rings is 1. The van der Waals surface area contributed by atoms with Gasteiger partial charge in [-0.05, 0) is 37.2 Å². The Morgan fingerprint density at radius 2 is 1.90 bits per heavy atom. The van der Waals surface area contributed by atoms with Gasteiger partial charge in [-0.2, -0.15) is 18.3 Å². The first kappa shape index (κ1) is 30.4. The molecule has 0 radical (unpaired) electrons. The molecule has 0 aliphatic heterocycles.